The summed E-state index contributed by atoms with van der Waals surface area (Å²) in [4.78, 5) is 0. The van der Waals surface area contributed by atoms with E-state index in [1.807, 2.05) is 6.92 Å². The standard InChI is InChI=1S/C7H14F2O4S.Na.H/c1-2-3-4-5-13-6-7(8,9)14(10,11)12;;/h2-6H2,1H3,(H,10,11,12);;/q;+1;-1. The van der Waals surface area contributed by atoms with Crippen LogP contribution in [-0.2, 0) is 14.9 Å². The van der Waals surface area contributed by atoms with Gasteiger partial charge in [-0.05, 0) is 6.42 Å². The second kappa shape index (κ2) is 7.92. The maximum atomic E-state index is 12.5. The van der Waals surface area contributed by atoms with Crippen LogP contribution < -0.4 is 29.6 Å². The number of rotatable bonds is 7. The van der Waals surface area contributed by atoms with Crippen molar-refractivity contribution in [1.82, 2.24) is 0 Å². The molecule has 0 fully saturated rings. The van der Waals surface area contributed by atoms with Crippen LogP contribution >= 0.6 is 0 Å². The van der Waals surface area contributed by atoms with E-state index in [9.17, 15) is 17.2 Å². The maximum Gasteiger partial charge on any atom is 1.00 e. The van der Waals surface area contributed by atoms with Crippen molar-refractivity contribution in [2.75, 3.05) is 13.2 Å². The first-order valence-corrected chi connectivity index (χ1v) is 5.68. The molecule has 88 valence electrons. The monoisotopic (exact) mass is 256 g/mol. The Balaban J connectivity index is -0.000000845. The average molecular weight is 256 g/mol. The first-order valence-electron chi connectivity index (χ1n) is 4.24. The van der Waals surface area contributed by atoms with Crippen LogP contribution in [0.2, 0.25) is 0 Å². The fourth-order valence-electron chi connectivity index (χ4n) is 0.720. The molecule has 0 bridgehead atoms. The first-order chi connectivity index (χ1) is 6.31. The van der Waals surface area contributed by atoms with Gasteiger partial charge in [0.25, 0.3) is 0 Å². The quantitative estimate of drug-likeness (QED) is 0.353. The Morgan fingerprint density at radius 3 is 2.33 bits per heavy atom. The molecule has 0 saturated heterocycles. The van der Waals surface area contributed by atoms with Crippen molar-refractivity contribution in [1.29, 1.82) is 0 Å². The van der Waals surface area contributed by atoms with Crippen molar-refractivity contribution < 1.29 is 57.5 Å². The van der Waals surface area contributed by atoms with E-state index in [1.165, 1.54) is 0 Å². The van der Waals surface area contributed by atoms with Crippen molar-refractivity contribution in [3.8, 4) is 0 Å². The second-order valence-electron chi connectivity index (χ2n) is 2.87. The van der Waals surface area contributed by atoms with E-state index in [0.29, 0.717) is 6.42 Å². The Morgan fingerprint density at radius 2 is 1.93 bits per heavy atom. The summed E-state index contributed by atoms with van der Waals surface area (Å²) in [5.41, 5.74) is 0. The zero-order chi connectivity index (χ0) is 11.2. The van der Waals surface area contributed by atoms with Crippen LogP contribution in [0.4, 0.5) is 8.78 Å². The third kappa shape index (κ3) is 7.59. The van der Waals surface area contributed by atoms with Gasteiger partial charge >= 0.3 is 44.9 Å². The Labute approximate surface area is 112 Å². The van der Waals surface area contributed by atoms with Crippen LogP contribution in [0, 0.1) is 0 Å². The summed E-state index contributed by atoms with van der Waals surface area (Å²) < 4.78 is 57.7. The van der Waals surface area contributed by atoms with Crippen LogP contribution in [0.15, 0.2) is 0 Å². The molecule has 0 rings (SSSR count). The number of hydrogen-bond donors (Lipinski definition) is 1. The van der Waals surface area contributed by atoms with Gasteiger partial charge in [0.2, 0.25) is 0 Å². The molecule has 8 heteroatoms. The number of ether oxygens (including phenoxy) is 1. The molecule has 0 aromatic carbocycles. The molecule has 4 nitrogen and oxygen atoms in total. The second-order valence-corrected chi connectivity index (χ2v) is 4.42. The molecule has 0 atom stereocenters. The Bertz CT molecular complexity index is 261. The molecular weight excluding hydrogens is 241 g/mol. The van der Waals surface area contributed by atoms with E-state index in [-0.39, 0.29) is 37.6 Å². The van der Waals surface area contributed by atoms with E-state index in [4.69, 9.17) is 4.55 Å². The molecular formula is C7H15F2NaO4S. The number of unbranched alkanes of at least 4 members (excludes halogenated alkanes) is 2. The summed E-state index contributed by atoms with van der Waals surface area (Å²) >= 11 is 0. The minimum Gasteiger partial charge on any atom is -1.00 e. The third-order valence-electron chi connectivity index (χ3n) is 1.54. The molecule has 0 amide bonds. The van der Waals surface area contributed by atoms with Crippen molar-refractivity contribution >= 4 is 10.1 Å². The molecule has 0 aromatic rings. The van der Waals surface area contributed by atoms with Gasteiger partial charge in [0.15, 0.2) is 0 Å². The van der Waals surface area contributed by atoms with E-state index in [0.717, 1.165) is 12.8 Å². The average Bonchev–Trinajstić information content (AvgIpc) is 2.02. The number of halogens is 2. The summed E-state index contributed by atoms with van der Waals surface area (Å²) in [6.45, 7) is 0.710. The van der Waals surface area contributed by atoms with Gasteiger partial charge in [-0.1, -0.05) is 19.8 Å². The van der Waals surface area contributed by atoms with Gasteiger partial charge < -0.3 is 6.16 Å². The molecule has 0 radical (unpaired) electrons. The molecule has 0 heterocycles. The fraction of sp³-hybridized carbons (Fsp3) is 1.00. The van der Waals surface area contributed by atoms with Crippen LogP contribution in [0.3, 0.4) is 0 Å². The summed E-state index contributed by atoms with van der Waals surface area (Å²) in [6.07, 6.45) is 2.34. The van der Waals surface area contributed by atoms with E-state index in [1.54, 1.807) is 0 Å². The predicted molar refractivity (Wildman–Crippen MR) is 48.0 cm³/mol. The first kappa shape index (κ1) is 18.1. The Kier molecular flexibility index (Phi) is 9.55. The van der Waals surface area contributed by atoms with E-state index >= 15 is 0 Å². The summed E-state index contributed by atoms with van der Waals surface area (Å²) in [5.74, 6) is 0. The third-order valence-corrected chi connectivity index (χ3v) is 2.41. The molecule has 0 aliphatic rings. The molecule has 0 aromatic heterocycles. The van der Waals surface area contributed by atoms with Gasteiger partial charge in [0.05, 0.1) is 0 Å². The van der Waals surface area contributed by atoms with Gasteiger partial charge in [0.1, 0.15) is 6.61 Å². The minimum atomic E-state index is -5.35. The van der Waals surface area contributed by atoms with Crippen molar-refractivity contribution in [2.24, 2.45) is 0 Å². The summed E-state index contributed by atoms with van der Waals surface area (Å²) in [7, 11) is -5.35. The minimum absolute atomic E-state index is 0. The molecule has 1 N–H and O–H groups in total. The topological polar surface area (TPSA) is 63.6 Å². The molecule has 15 heavy (non-hydrogen) atoms. The Hall–Kier alpha value is 0.730. The largest absolute Gasteiger partial charge is 1.00 e. The number of hydrogen-bond acceptors (Lipinski definition) is 3. The molecule has 0 saturated carbocycles. The normalized spacial score (nSPS) is 12.3. The molecule has 0 unspecified atom stereocenters. The van der Waals surface area contributed by atoms with Crippen molar-refractivity contribution in [3.05, 3.63) is 0 Å². The van der Waals surface area contributed by atoms with Crippen LogP contribution in [0.25, 0.3) is 0 Å². The summed E-state index contributed by atoms with van der Waals surface area (Å²) in [5, 5.41) is -4.21. The van der Waals surface area contributed by atoms with Gasteiger partial charge in [-0.25, -0.2) is 0 Å². The smallest absolute Gasteiger partial charge is 1.00 e. The zero-order valence-corrected chi connectivity index (χ0v) is 11.7. The molecule has 0 aliphatic heterocycles. The summed E-state index contributed by atoms with van der Waals surface area (Å²) in [6, 6.07) is 0. The SMILES string of the molecule is CCCCCOCC(F)(F)S(=O)(=O)O.[H-].[Na+]. The fourth-order valence-corrected chi connectivity index (χ4v) is 0.952. The molecule has 0 aliphatic carbocycles. The van der Waals surface area contributed by atoms with Crippen molar-refractivity contribution in [3.63, 3.8) is 0 Å². The van der Waals surface area contributed by atoms with Gasteiger partial charge in [0, 0.05) is 6.61 Å². The maximum absolute atomic E-state index is 12.5. The van der Waals surface area contributed by atoms with E-state index in [2.05, 4.69) is 4.74 Å². The van der Waals surface area contributed by atoms with E-state index < -0.39 is 22.0 Å². The van der Waals surface area contributed by atoms with Crippen LogP contribution in [0.1, 0.15) is 27.6 Å². The predicted octanol–water partition coefficient (Wildman–Crippen LogP) is -1.21. The van der Waals surface area contributed by atoms with Gasteiger partial charge in [-0.2, -0.15) is 17.2 Å². The van der Waals surface area contributed by atoms with Crippen LogP contribution in [0.5, 0.6) is 0 Å². The van der Waals surface area contributed by atoms with Crippen molar-refractivity contribution in [2.45, 2.75) is 31.4 Å². The Morgan fingerprint density at radius 1 is 1.40 bits per heavy atom. The van der Waals surface area contributed by atoms with Crippen LogP contribution in [-0.4, -0.2) is 31.4 Å². The zero-order valence-electron chi connectivity index (χ0n) is 9.87. The number of alkyl halides is 2. The molecule has 0 spiro atoms. The van der Waals surface area contributed by atoms with Gasteiger partial charge in [-0.3, -0.25) is 4.55 Å². The van der Waals surface area contributed by atoms with Gasteiger partial charge in [-0.15, -0.1) is 0 Å².